The minimum Gasteiger partial charge on any atom is -0.497 e. The molecule has 0 saturated heterocycles. The smallest absolute Gasteiger partial charge is 0.295 e. The Bertz CT molecular complexity index is 532. The van der Waals surface area contributed by atoms with Gasteiger partial charge in [0.1, 0.15) is 11.4 Å². The number of rotatable bonds is 1. The van der Waals surface area contributed by atoms with E-state index in [1.165, 1.54) is 0 Å². The van der Waals surface area contributed by atoms with Gasteiger partial charge in [0.25, 0.3) is 5.91 Å². The predicted molar refractivity (Wildman–Crippen MR) is 49.5 cm³/mol. The zero-order valence-corrected chi connectivity index (χ0v) is 7.65. The molecule has 14 heavy (non-hydrogen) atoms. The third-order valence-corrected chi connectivity index (χ3v) is 1.91. The zero-order chi connectivity index (χ0) is 10.1. The molecule has 0 bridgehead atoms. The highest BCUT2D eigenvalue weighted by Crippen LogP contribution is 2.04. The van der Waals surface area contributed by atoms with Gasteiger partial charge in [-0.25, -0.2) is 9.98 Å². The Labute approximate surface area is 80.3 Å². The molecule has 0 radical (unpaired) electrons. The van der Waals surface area contributed by atoms with Crippen molar-refractivity contribution >= 4 is 5.91 Å². The highest BCUT2D eigenvalue weighted by atomic mass is 16.5. The van der Waals surface area contributed by atoms with Crippen molar-refractivity contribution in [3.63, 3.8) is 0 Å². The molecule has 0 fully saturated rings. The van der Waals surface area contributed by atoms with Crippen LogP contribution >= 0.6 is 0 Å². The summed E-state index contributed by atoms with van der Waals surface area (Å²) in [6, 6.07) is 5.15. The fourth-order valence-corrected chi connectivity index (χ4v) is 1.18. The molecule has 2 rings (SSSR count). The third kappa shape index (κ3) is 1.31. The van der Waals surface area contributed by atoms with Crippen molar-refractivity contribution in [3.8, 4) is 5.75 Å². The molecular formula is C10H8N2O2. The second-order valence-corrected chi connectivity index (χ2v) is 2.83. The summed E-state index contributed by atoms with van der Waals surface area (Å²) in [5.74, 6) is 0.299. The van der Waals surface area contributed by atoms with Gasteiger partial charge in [-0.1, -0.05) is 6.58 Å². The summed E-state index contributed by atoms with van der Waals surface area (Å²) in [5.41, 5.74) is 0.158. The molecule has 1 aromatic rings. The maximum Gasteiger partial charge on any atom is 0.295 e. The first-order valence-electron chi connectivity index (χ1n) is 4.05. The predicted octanol–water partition coefficient (Wildman–Crippen LogP) is -0.0117. The van der Waals surface area contributed by atoms with Crippen LogP contribution in [0.4, 0.5) is 0 Å². The van der Waals surface area contributed by atoms with Crippen molar-refractivity contribution < 1.29 is 9.53 Å². The molecule has 70 valence electrons. The topological polar surface area (TPSA) is 51.0 Å². The first-order valence-corrected chi connectivity index (χ1v) is 4.05. The van der Waals surface area contributed by atoms with Crippen molar-refractivity contribution in [3.05, 3.63) is 41.2 Å². The molecule has 1 aliphatic heterocycles. The van der Waals surface area contributed by atoms with Crippen molar-refractivity contribution in [2.24, 2.45) is 9.98 Å². The normalized spacial score (nSPS) is 14.1. The van der Waals surface area contributed by atoms with Crippen molar-refractivity contribution in [1.82, 2.24) is 0 Å². The van der Waals surface area contributed by atoms with Gasteiger partial charge in [0.15, 0.2) is 0 Å². The summed E-state index contributed by atoms with van der Waals surface area (Å²) in [6.45, 7) is 3.50. The Hall–Kier alpha value is -1.97. The van der Waals surface area contributed by atoms with Gasteiger partial charge in [0, 0.05) is 6.07 Å². The first kappa shape index (κ1) is 8.62. The van der Waals surface area contributed by atoms with Gasteiger partial charge < -0.3 is 4.74 Å². The van der Waals surface area contributed by atoms with Crippen molar-refractivity contribution in [2.45, 2.75) is 0 Å². The van der Waals surface area contributed by atoms with E-state index in [1.807, 2.05) is 0 Å². The lowest BCUT2D eigenvalue weighted by Gasteiger charge is -2.02. The van der Waals surface area contributed by atoms with Crippen LogP contribution < -0.4 is 15.5 Å². The first-order chi connectivity index (χ1) is 6.70. The second-order valence-electron chi connectivity index (χ2n) is 2.83. The molecule has 1 aliphatic rings. The van der Waals surface area contributed by atoms with E-state index in [-0.39, 0.29) is 11.6 Å². The minimum atomic E-state index is -0.386. The van der Waals surface area contributed by atoms with Crippen LogP contribution in [0.3, 0.4) is 0 Å². The number of nitrogens with zero attached hydrogens (tertiary/aromatic N) is 2. The van der Waals surface area contributed by atoms with E-state index in [0.717, 1.165) is 0 Å². The highest BCUT2D eigenvalue weighted by molar-refractivity contribution is 5.93. The maximum absolute atomic E-state index is 11.1. The van der Waals surface area contributed by atoms with Gasteiger partial charge in [0.05, 0.1) is 17.8 Å². The monoisotopic (exact) mass is 188 g/mol. The molecule has 0 unspecified atom stereocenters. The molecule has 4 nitrogen and oxygen atoms in total. The molecule has 0 spiro atoms. The van der Waals surface area contributed by atoms with Gasteiger partial charge in [0.2, 0.25) is 0 Å². The van der Waals surface area contributed by atoms with Gasteiger partial charge in [-0.05, 0) is 12.1 Å². The van der Waals surface area contributed by atoms with E-state index in [0.29, 0.717) is 16.5 Å². The SMILES string of the molecule is C=C1N=c2cc(OC)ccc2=NC1=O. The summed E-state index contributed by atoms with van der Waals surface area (Å²) in [4.78, 5) is 19.0. The molecule has 0 aromatic heterocycles. The lowest BCUT2D eigenvalue weighted by atomic mass is 10.3. The number of fused-ring (bicyclic) bond motifs is 1. The van der Waals surface area contributed by atoms with Crippen LogP contribution in [0.1, 0.15) is 0 Å². The number of amides is 1. The number of ether oxygens (including phenoxy) is 1. The van der Waals surface area contributed by atoms with Crippen molar-refractivity contribution in [2.75, 3.05) is 7.11 Å². The standard InChI is InChI=1S/C10H8N2O2/c1-6-10(13)12-8-4-3-7(14-2)5-9(8)11-6/h3-5H,1H2,2H3. The molecule has 1 amide bonds. The highest BCUT2D eigenvalue weighted by Gasteiger charge is 2.08. The third-order valence-electron chi connectivity index (χ3n) is 1.91. The molecule has 0 atom stereocenters. The zero-order valence-electron chi connectivity index (χ0n) is 7.65. The summed E-state index contributed by atoms with van der Waals surface area (Å²) >= 11 is 0. The fourth-order valence-electron chi connectivity index (χ4n) is 1.18. The van der Waals surface area contributed by atoms with E-state index in [2.05, 4.69) is 16.6 Å². The van der Waals surface area contributed by atoms with Crippen LogP contribution in [0.15, 0.2) is 40.5 Å². The number of benzene rings is 1. The number of carbonyl (C=O) groups is 1. The fraction of sp³-hybridized carbons (Fsp3) is 0.100. The van der Waals surface area contributed by atoms with E-state index in [9.17, 15) is 4.79 Å². The van der Waals surface area contributed by atoms with Crippen LogP contribution in [0.2, 0.25) is 0 Å². The Morgan fingerprint density at radius 2 is 2.07 bits per heavy atom. The van der Waals surface area contributed by atoms with E-state index >= 15 is 0 Å². The lowest BCUT2D eigenvalue weighted by molar-refractivity contribution is -0.114. The van der Waals surface area contributed by atoms with Gasteiger partial charge in [-0.15, -0.1) is 0 Å². The van der Waals surface area contributed by atoms with Crippen LogP contribution in [0.25, 0.3) is 0 Å². The molecule has 1 aromatic carbocycles. The number of methoxy groups -OCH3 is 1. The molecule has 4 heteroatoms. The van der Waals surface area contributed by atoms with Gasteiger partial charge >= 0.3 is 0 Å². The Balaban J connectivity index is 2.74. The quantitative estimate of drug-likeness (QED) is 0.582. The van der Waals surface area contributed by atoms with Crippen LogP contribution in [-0.2, 0) is 4.79 Å². The maximum atomic E-state index is 11.1. The lowest BCUT2D eigenvalue weighted by Crippen LogP contribution is -2.30. The van der Waals surface area contributed by atoms with E-state index in [1.54, 1.807) is 25.3 Å². The molecule has 1 heterocycles. The molecule has 0 N–H and O–H groups in total. The Kier molecular flexibility index (Phi) is 1.89. The van der Waals surface area contributed by atoms with Gasteiger partial charge in [-0.2, -0.15) is 0 Å². The average Bonchev–Trinajstić information content (AvgIpc) is 2.19. The number of carbonyl (C=O) groups excluding carboxylic acids is 1. The average molecular weight is 188 g/mol. The van der Waals surface area contributed by atoms with E-state index < -0.39 is 0 Å². The van der Waals surface area contributed by atoms with Crippen molar-refractivity contribution in [1.29, 1.82) is 0 Å². The summed E-state index contributed by atoms with van der Waals surface area (Å²) in [5, 5.41) is 1.18. The van der Waals surface area contributed by atoms with E-state index in [4.69, 9.17) is 4.74 Å². The Morgan fingerprint density at radius 3 is 2.79 bits per heavy atom. The van der Waals surface area contributed by atoms with Crippen LogP contribution in [-0.4, -0.2) is 13.0 Å². The minimum absolute atomic E-state index is 0.158. The van der Waals surface area contributed by atoms with Crippen LogP contribution in [0, 0.1) is 0 Å². The number of hydrogen-bond donors (Lipinski definition) is 0. The summed E-state index contributed by atoms with van der Waals surface area (Å²) in [7, 11) is 1.57. The van der Waals surface area contributed by atoms with Gasteiger partial charge in [-0.3, -0.25) is 4.79 Å². The summed E-state index contributed by atoms with van der Waals surface area (Å²) < 4.78 is 5.03. The number of hydrogen-bond acceptors (Lipinski definition) is 3. The largest absolute Gasteiger partial charge is 0.497 e. The molecular weight excluding hydrogens is 180 g/mol. The molecule has 0 aliphatic carbocycles. The molecule has 0 saturated carbocycles. The second kappa shape index (κ2) is 3.06. The summed E-state index contributed by atoms with van der Waals surface area (Å²) in [6.07, 6.45) is 0. The Morgan fingerprint density at radius 1 is 1.29 bits per heavy atom. The van der Waals surface area contributed by atoms with Crippen LogP contribution in [0.5, 0.6) is 5.75 Å².